The van der Waals surface area contributed by atoms with Crippen LogP contribution >= 0.6 is 0 Å². The fourth-order valence-electron chi connectivity index (χ4n) is 2.99. The Balaban J connectivity index is 1.71. The zero-order valence-corrected chi connectivity index (χ0v) is 10.0. The summed E-state index contributed by atoms with van der Waals surface area (Å²) in [6.07, 6.45) is 5.52. The van der Waals surface area contributed by atoms with Gasteiger partial charge in [-0.1, -0.05) is 12.1 Å². The molecule has 17 heavy (non-hydrogen) atoms. The van der Waals surface area contributed by atoms with Crippen LogP contribution in [0.25, 0.3) is 0 Å². The van der Waals surface area contributed by atoms with Gasteiger partial charge in [0.05, 0.1) is 11.6 Å². The molecule has 2 nitrogen and oxygen atoms in total. The van der Waals surface area contributed by atoms with E-state index < -0.39 is 0 Å². The van der Waals surface area contributed by atoms with Crippen LogP contribution in [0, 0.1) is 23.2 Å². The number of nitrogens with one attached hydrogen (secondary N) is 1. The molecule has 0 spiro atoms. The van der Waals surface area contributed by atoms with Crippen LogP contribution in [0.2, 0.25) is 0 Å². The molecule has 0 aromatic heterocycles. The maximum absolute atomic E-state index is 8.80. The largest absolute Gasteiger partial charge is 0.310 e. The first-order valence-corrected chi connectivity index (χ1v) is 6.60. The van der Waals surface area contributed by atoms with Crippen LogP contribution in [0.4, 0.5) is 0 Å². The molecule has 1 aromatic carbocycles. The smallest absolute Gasteiger partial charge is 0.0991 e. The van der Waals surface area contributed by atoms with Crippen LogP contribution in [-0.2, 0) is 0 Å². The first-order valence-electron chi connectivity index (χ1n) is 6.60. The number of benzene rings is 1. The van der Waals surface area contributed by atoms with Gasteiger partial charge in [-0.15, -0.1) is 0 Å². The molecule has 1 saturated carbocycles. The maximum Gasteiger partial charge on any atom is 0.0991 e. The fourth-order valence-corrected chi connectivity index (χ4v) is 2.99. The number of piperidine rings is 1. The number of hydrogen-bond donors (Lipinski definition) is 1. The summed E-state index contributed by atoms with van der Waals surface area (Å²) in [5.74, 6) is 1.94. The second-order valence-corrected chi connectivity index (χ2v) is 5.36. The molecule has 2 fully saturated rings. The Hall–Kier alpha value is -1.33. The van der Waals surface area contributed by atoms with E-state index in [1.165, 1.54) is 31.2 Å². The minimum absolute atomic E-state index is 0.502. The highest BCUT2D eigenvalue weighted by Crippen LogP contribution is 2.44. The molecule has 1 heterocycles. The normalized spacial score (nSPS) is 28.6. The van der Waals surface area contributed by atoms with Crippen molar-refractivity contribution in [1.82, 2.24) is 5.32 Å². The molecular formula is C15H18N2. The molecule has 0 bridgehead atoms. The standard InChI is InChI=1S/C15H18N2/c16-10-11-1-3-13(4-2-11)15-9-14(7-8-17-15)12-5-6-12/h1-4,12,14-15,17H,5-9H2/t14?,15-/m0/s1. The van der Waals surface area contributed by atoms with Gasteiger partial charge in [-0.25, -0.2) is 0 Å². The van der Waals surface area contributed by atoms with Gasteiger partial charge in [0, 0.05) is 6.04 Å². The van der Waals surface area contributed by atoms with E-state index >= 15 is 0 Å². The van der Waals surface area contributed by atoms with Gasteiger partial charge in [0.15, 0.2) is 0 Å². The van der Waals surface area contributed by atoms with Gasteiger partial charge >= 0.3 is 0 Å². The molecule has 1 aliphatic carbocycles. The summed E-state index contributed by atoms with van der Waals surface area (Å²) < 4.78 is 0. The summed E-state index contributed by atoms with van der Waals surface area (Å²) in [7, 11) is 0. The van der Waals surface area contributed by atoms with Gasteiger partial charge < -0.3 is 5.32 Å². The molecule has 1 aliphatic heterocycles. The molecule has 1 saturated heterocycles. The van der Waals surface area contributed by atoms with Gasteiger partial charge in [-0.3, -0.25) is 0 Å². The van der Waals surface area contributed by atoms with E-state index in [1.807, 2.05) is 12.1 Å². The van der Waals surface area contributed by atoms with E-state index in [-0.39, 0.29) is 0 Å². The number of hydrogen-bond acceptors (Lipinski definition) is 2. The zero-order valence-electron chi connectivity index (χ0n) is 10.0. The lowest BCUT2D eigenvalue weighted by molar-refractivity contribution is 0.278. The van der Waals surface area contributed by atoms with E-state index in [0.29, 0.717) is 6.04 Å². The molecule has 2 aliphatic rings. The van der Waals surface area contributed by atoms with E-state index in [2.05, 4.69) is 23.5 Å². The van der Waals surface area contributed by atoms with E-state index in [9.17, 15) is 0 Å². The van der Waals surface area contributed by atoms with Crippen molar-refractivity contribution in [2.75, 3.05) is 6.54 Å². The molecule has 1 aromatic rings. The number of nitrogens with zero attached hydrogens (tertiary/aromatic N) is 1. The average molecular weight is 226 g/mol. The van der Waals surface area contributed by atoms with Crippen LogP contribution in [0.1, 0.15) is 42.9 Å². The molecule has 0 amide bonds. The minimum atomic E-state index is 0.502. The van der Waals surface area contributed by atoms with Crippen molar-refractivity contribution in [2.24, 2.45) is 11.8 Å². The highest BCUT2D eigenvalue weighted by atomic mass is 14.9. The lowest BCUT2D eigenvalue weighted by atomic mass is 9.85. The highest BCUT2D eigenvalue weighted by molar-refractivity contribution is 5.33. The quantitative estimate of drug-likeness (QED) is 0.841. The average Bonchev–Trinajstić information content (AvgIpc) is 3.23. The zero-order chi connectivity index (χ0) is 11.7. The monoisotopic (exact) mass is 226 g/mol. The van der Waals surface area contributed by atoms with Gasteiger partial charge in [0.2, 0.25) is 0 Å². The van der Waals surface area contributed by atoms with Crippen molar-refractivity contribution in [2.45, 2.75) is 31.7 Å². The second-order valence-electron chi connectivity index (χ2n) is 5.36. The summed E-state index contributed by atoms with van der Waals surface area (Å²) in [5, 5.41) is 12.4. The van der Waals surface area contributed by atoms with Gasteiger partial charge in [0.25, 0.3) is 0 Å². The van der Waals surface area contributed by atoms with Gasteiger partial charge in [0.1, 0.15) is 0 Å². The third-order valence-electron chi connectivity index (χ3n) is 4.18. The number of rotatable bonds is 2. The Morgan fingerprint density at radius 1 is 1.06 bits per heavy atom. The summed E-state index contributed by atoms with van der Waals surface area (Å²) in [6, 6.07) is 10.7. The first kappa shape index (κ1) is 10.8. The Morgan fingerprint density at radius 2 is 1.82 bits per heavy atom. The summed E-state index contributed by atoms with van der Waals surface area (Å²) >= 11 is 0. The maximum atomic E-state index is 8.80. The van der Waals surface area contributed by atoms with Crippen LogP contribution in [0.5, 0.6) is 0 Å². The molecule has 0 radical (unpaired) electrons. The molecule has 1 N–H and O–H groups in total. The predicted octanol–water partition coefficient (Wildman–Crippen LogP) is 3.01. The summed E-state index contributed by atoms with van der Waals surface area (Å²) in [4.78, 5) is 0. The van der Waals surface area contributed by atoms with Crippen LogP contribution in [0.15, 0.2) is 24.3 Å². The van der Waals surface area contributed by atoms with Crippen molar-refractivity contribution in [1.29, 1.82) is 5.26 Å². The second kappa shape index (κ2) is 4.50. The van der Waals surface area contributed by atoms with Gasteiger partial charge in [-0.05, 0) is 61.8 Å². The van der Waals surface area contributed by atoms with Crippen LogP contribution in [-0.4, -0.2) is 6.54 Å². The Labute approximate surface area is 103 Å². The Morgan fingerprint density at radius 3 is 2.47 bits per heavy atom. The topological polar surface area (TPSA) is 35.8 Å². The summed E-state index contributed by atoms with van der Waals surface area (Å²) in [5.41, 5.74) is 2.10. The lowest BCUT2D eigenvalue weighted by Crippen LogP contribution is -2.32. The van der Waals surface area contributed by atoms with Crippen LogP contribution in [0.3, 0.4) is 0 Å². The van der Waals surface area contributed by atoms with Crippen molar-refractivity contribution >= 4 is 0 Å². The van der Waals surface area contributed by atoms with Crippen molar-refractivity contribution in [3.05, 3.63) is 35.4 Å². The minimum Gasteiger partial charge on any atom is -0.310 e. The van der Waals surface area contributed by atoms with Crippen molar-refractivity contribution < 1.29 is 0 Å². The van der Waals surface area contributed by atoms with Crippen molar-refractivity contribution in [3.8, 4) is 6.07 Å². The molecule has 1 unspecified atom stereocenters. The molecule has 88 valence electrons. The fraction of sp³-hybridized carbons (Fsp3) is 0.533. The van der Waals surface area contributed by atoms with Crippen LogP contribution < -0.4 is 5.32 Å². The predicted molar refractivity (Wildman–Crippen MR) is 67.3 cm³/mol. The number of nitriles is 1. The SMILES string of the molecule is N#Cc1ccc([C@@H]2CC(C3CC3)CCN2)cc1. The summed E-state index contributed by atoms with van der Waals surface area (Å²) in [6.45, 7) is 1.14. The molecular weight excluding hydrogens is 208 g/mol. The Kier molecular flexibility index (Phi) is 2.86. The van der Waals surface area contributed by atoms with Gasteiger partial charge in [-0.2, -0.15) is 5.26 Å². The molecule has 2 atom stereocenters. The third kappa shape index (κ3) is 2.35. The van der Waals surface area contributed by atoms with E-state index in [4.69, 9.17) is 5.26 Å². The first-order chi connectivity index (χ1) is 8.36. The molecule has 3 rings (SSSR count). The van der Waals surface area contributed by atoms with Crippen molar-refractivity contribution in [3.63, 3.8) is 0 Å². The van der Waals surface area contributed by atoms with E-state index in [0.717, 1.165) is 23.9 Å². The Bertz CT molecular complexity index is 425. The highest BCUT2D eigenvalue weighted by Gasteiger charge is 2.34. The van der Waals surface area contributed by atoms with E-state index in [1.54, 1.807) is 0 Å². The third-order valence-corrected chi connectivity index (χ3v) is 4.18. The molecule has 2 heteroatoms. The lowest BCUT2D eigenvalue weighted by Gasteiger charge is -2.30.